The SMILES string of the molecule is CC(C)(C)OC(=O)N1CC(F)(F)[C@H]2[C@@H]1CN(CC(F)(F)F)N2CCC(C)(C)C(=O)OC(C)(C)C. The first kappa shape index (κ1) is 28.5. The Hall–Kier alpha value is -1.69. The smallest absolute Gasteiger partial charge is 0.410 e. The first-order valence-corrected chi connectivity index (χ1v) is 11.2. The van der Waals surface area contributed by atoms with Gasteiger partial charge in [-0.05, 0) is 61.8 Å². The van der Waals surface area contributed by atoms with Gasteiger partial charge < -0.3 is 9.47 Å². The van der Waals surface area contributed by atoms with Gasteiger partial charge in [-0.1, -0.05) is 0 Å². The summed E-state index contributed by atoms with van der Waals surface area (Å²) >= 11 is 0. The maximum absolute atomic E-state index is 15.1. The Bertz CT molecular complexity index is 774. The van der Waals surface area contributed by atoms with Crippen LogP contribution in [0.2, 0.25) is 0 Å². The van der Waals surface area contributed by atoms with E-state index in [1.54, 1.807) is 55.4 Å². The average Bonchev–Trinajstić information content (AvgIpc) is 3.03. The molecule has 0 aromatic heterocycles. The number of carbonyl (C=O) groups is 2. The Morgan fingerprint density at radius 1 is 0.941 bits per heavy atom. The summed E-state index contributed by atoms with van der Waals surface area (Å²) in [5, 5.41) is 1.76. The number of fused-ring (bicyclic) bond motifs is 1. The average molecular weight is 502 g/mol. The molecule has 12 heteroatoms. The van der Waals surface area contributed by atoms with Gasteiger partial charge in [0.2, 0.25) is 0 Å². The maximum Gasteiger partial charge on any atom is 0.410 e. The van der Waals surface area contributed by atoms with E-state index >= 15 is 8.78 Å². The van der Waals surface area contributed by atoms with Gasteiger partial charge in [0.25, 0.3) is 5.92 Å². The van der Waals surface area contributed by atoms with E-state index in [-0.39, 0.29) is 13.0 Å². The Morgan fingerprint density at radius 2 is 1.47 bits per heavy atom. The monoisotopic (exact) mass is 501 g/mol. The van der Waals surface area contributed by atoms with Gasteiger partial charge in [0.05, 0.1) is 18.0 Å². The molecule has 34 heavy (non-hydrogen) atoms. The van der Waals surface area contributed by atoms with E-state index in [1.165, 1.54) is 0 Å². The van der Waals surface area contributed by atoms with E-state index in [1.807, 2.05) is 0 Å². The minimum absolute atomic E-state index is 0.0258. The highest BCUT2D eigenvalue weighted by molar-refractivity contribution is 5.76. The minimum Gasteiger partial charge on any atom is -0.460 e. The van der Waals surface area contributed by atoms with Gasteiger partial charge in [0.15, 0.2) is 0 Å². The third-order valence-corrected chi connectivity index (χ3v) is 5.57. The van der Waals surface area contributed by atoms with Crippen molar-refractivity contribution in [3.63, 3.8) is 0 Å². The van der Waals surface area contributed by atoms with Crippen LogP contribution in [0.3, 0.4) is 0 Å². The summed E-state index contributed by atoms with van der Waals surface area (Å²) in [5.74, 6) is -4.05. The van der Waals surface area contributed by atoms with E-state index in [4.69, 9.17) is 9.47 Å². The molecule has 2 rings (SSSR count). The number of hydrogen-bond donors (Lipinski definition) is 0. The molecule has 2 fully saturated rings. The van der Waals surface area contributed by atoms with E-state index < -0.39 is 72.5 Å². The highest BCUT2D eigenvalue weighted by atomic mass is 19.4. The third kappa shape index (κ3) is 7.16. The number of ether oxygens (including phenoxy) is 2. The number of rotatable bonds is 5. The van der Waals surface area contributed by atoms with Crippen molar-refractivity contribution < 1.29 is 41.0 Å². The van der Waals surface area contributed by atoms with Crippen LogP contribution < -0.4 is 0 Å². The Morgan fingerprint density at radius 3 is 1.94 bits per heavy atom. The topological polar surface area (TPSA) is 62.3 Å². The normalized spacial score (nSPS) is 24.3. The highest BCUT2D eigenvalue weighted by Gasteiger charge is 2.64. The zero-order valence-corrected chi connectivity index (χ0v) is 21.1. The van der Waals surface area contributed by atoms with Gasteiger partial charge in [-0.3, -0.25) is 9.69 Å². The van der Waals surface area contributed by atoms with Gasteiger partial charge in [-0.2, -0.15) is 13.2 Å². The molecule has 7 nitrogen and oxygen atoms in total. The largest absolute Gasteiger partial charge is 0.460 e. The number of halogens is 5. The van der Waals surface area contributed by atoms with Gasteiger partial charge in [-0.15, -0.1) is 0 Å². The van der Waals surface area contributed by atoms with Crippen LogP contribution in [-0.2, 0) is 14.3 Å². The number of esters is 1. The zero-order valence-electron chi connectivity index (χ0n) is 21.1. The van der Waals surface area contributed by atoms with Crippen LogP contribution >= 0.6 is 0 Å². The fourth-order valence-corrected chi connectivity index (χ4v) is 4.08. The lowest BCUT2D eigenvalue weighted by molar-refractivity contribution is -0.190. The molecule has 0 bridgehead atoms. The first-order chi connectivity index (χ1) is 15.0. The Labute approximate surface area is 197 Å². The van der Waals surface area contributed by atoms with Crippen molar-refractivity contribution in [3.05, 3.63) is 0 Å². The molecule has 2 saturated heterocycles. The highest BCUT2D eigenvalue weighted by Crippen LogP contribution is 2.43. The number of hydrazine groups is 1. The van der Waals surface area contributed by atoms with Crippen molar-refractivity contribution in [3.8, 4) is 0 Å². The Kier molecular flexibility index (Phi) is 7.62. The molecule has 0 aliphatic carbocycles. The van der Waals surface area contributed by atoms with Crippen LogP contribution in [-0.4, -0.2) is 88.5 Å². The number of carbonyl (C=O) groups excluding carboxylic acids is 2. The quantitative estimate of drug-likeness (QED) is 0.410. The summed E-state index contributed by atoms with van der Waals surface area (Å²) in [6.07, 6.45) is -5.67. The molecule has 2 aliphatic rings. The number of alkyl halides is 5. The van der Waals surface area contributed by atoms with Crippen molar-refractivity contribution in [1.29, 1.82) is 0 Å². The van der Waals surface area contributed by atoms with Crippen molar-refractivity contribution in [2.75, 3.05) is 26.2 Å². The van der Waals surface area contributed by atoms with Crippen LogP contribution in [0.1, 0.15) is 61.8 Å². The summed E-state index contributed by atoms with van der Waals surface area (Å²) in [6.45, 7) is 9.81. The fourth-order valence-electron chi connectivity index (χ4n) is 4.08. The lowest BCUT2D eigenvalue weighted by Gasteiger charge is -2.36. The summed E-state index contributed by atoms with van der Waals surface area (Å²) in [4.78, 5) is 26.0. The number of nitrogens with zero attached hydrogens (tertiary/aromatic N) is 3. The molecule has 0 radical (unpaired) electrons. The van der Waals surface area contributed by atoms with Crippen molar-refractivity contribution in [2.45, 2.75) is 97.2 Å². The van der Waals surface area contributed by atoms with Crippen LogP contribution in [0.4, 0.5) is 26.7 Å². The minimum atomic E-state index is -4.65. The lowest BCUT2D eigenvalue weighted by Crippen LogP contribution is -2.52. The number of amides is 1. The van der Waals surface area contributed by atoms with Gasteiger partial charge in [0.1, 0.15) is 23.8 Å². The molecule has 198 valence electrons. The summed E-state index contributed by atoms with van der Waals surface area (Å²) < 4.78 is 80.7. The molecule has 2 aliphatic heterocycles. The second-order valence-electron chi connectivity index (χ2n) is 11.6. The van der Waals surface area contributed by atoms with Gasteiger partial charge in [-0.25, -0.2) is 23.6 Å². The van der Waals surface area contributed by atoms with Crippen molar-refractivity contribution >= 4 is 12.1 Å². The van der Waals surface area contributed by atoms with Gasteiger partial charge in [0, 0.05) is 13.1 Å². The summed E-state index contributed by atoms with van der Waals surface area (Å²) in [5.41, 5.74) is -2.86. The molecule has 0 spiro atoms. The predicted octanol–water partition coefficient (Wildman–Crippen LogP) is 4.46. The molecule has 0 saturated carbocycles. The molecule has 0 unspecified atom stereocenters. The molecule has 0 aromatic rings. The Balaban J connectivity index is 2.29. The molecular weight excluding hydrogens is 465 g/mol. The lowest BCUT2D eigenvalue weighted by atomic mass is 9.89. The standard InChI is InChI=1S/C22H36F5N3O4/c1-18(2,3)33-16(31)20(7,8)9-10-30-15-14(11-28(30)13-22(25,26)27)29(12-21(15,23)24)17(32)34-19(4,5)6/h14-15H,9-13H2,1-8H3/t14-,15+/m0/s1. The zero-order chi connectivity index (χ0) is 26.5. The van der Waals surface area contributed by atoms with E-state index in [0.717, 1.165) is 14.9 Å². The molecule has 0 aromatic carbocycles. The van der Waals surface area contributed by atoms with Crippen molar-refractivity contribution in [2.24, 2.45) is 5.41 Å². The van der Waals surface area contributed by atoms with Gasteiger partial charge >= 0.3 is 18.2 Å². The predicted molar refractivity (Wildman–Crippen MR) is 114 cm³/mol. The second kappa shape index (κ2) is 9.07. The van der Waals surface area contributed by atoms with E-state index in [0.29, 0.717) is 0 Å². The van der Waals surface area contributed by atoms with Crippen LogP contribution in [0.25, 0.3) is 0 Å². The fraction of sp³-hybridized carbons (Fsp3) is 0.909. The summed E-state index contributed by atoms with van der Waals surface area (Å²) in [6, 6.07) is -2.87. The molecule has 2 heterocycles. The van der Waals surface area contributed by atoms with Crippen LogP contribution in [0, 0.1) is 5.41 Å². The molecular formula is C22H36F5N3O4. The van der Waals surface area contributed by atoms with Crippen LogP contribution in [0.15, 0.2) is 0 Å². The maximum atomic E-state index is 15.1. The number of likely N-dealkylation sites (tertiary alicyclic amines) is 1. The summed E-state index contributed by atoms with van der Waals surface area (Å²) in [7, 11) is 0. The second-order valence-corrected chi connectivity index (χ2v) is 11.6. The third-order valence-electron chi connectivity index (χ3n) is 5.57. The first-order valence-electron chi connectivity index (χ1n) is 11.2. The van der Waals surface area contributed by atoms with Crippen LogP contribution in [0.5, 0.6) is 0 Å². The van der Waals surface area contributed by atoms with E-state index in [9.17, 15) is 22.8 Å². The van der Waals surface area contributed by atoms with E-state index in [2.05, 4.69) is 0 Å². The number of hydrogen-bond acceptors (Lipinski definition) is 6. The molecule has 2 atom stereocenters. The van der Waals surface area contributed by atoms with Crippen molar-refractivity contribution in [1.82, 2.24) is 14.9 Å². The molecule has 1 amide bonds. The molecule has 0 N–H and O–H groups in total.